The van der Waals surface area contributed by atoms with E-state index in [9.17, 15) is 18.0 Å². The molecule has 218 valence electrons. The number of carbonyl (C=O) groups is 2. The van der Waals surface area contributed by atoms with Gasteiger partial charge >= 0.3 is 0 Å². The van der Waals surface area contributed by atoms with Gasteiger partial charge in [-0.15, -0.1) is 0 Å². The van der Waals surface area contributed by atoms with Crippen LogP contribution in [-0.4, -0.2) is 43.8 Å². The predicted molar refractivity (Wildman–Crippen MR) is 163 cm³/mol. The molecule has 0 spiro atoms. The van der Waals surface area contributed by atoms with E-state index in [1.54, 1.807) is 43.3 Å². The molecule has 4 rings (SSSR count). The summed E-state index contributed by atoms with van der Waals surface area (Å²) in [5.41, 5.74) is 2.93. The highest BCUT2D eigenvalue weighted by Gasteiger charge is 2.33. The zero-order valence-corrected chi connectivity index (χ0v) is 25.4. The third-order valence-corrected chi connectivity index (χ3v) is 9.80. The van der Waals surface area contributed by atoms with Crippen molar-refractivity contribution in [3.05, 3.63) is 94.5 Å². The summed E-state index contributed by atoms with van der Waals surface area (Å²) in [5, 5.41) is 3.51. The van der Waals surface area contributed by atoms with Crippen LogP contribution in [0.3, 0.4) is 0 Å². The van der Waals surface area contributed by atoms with E-state index in [0.717, 1.165) is 53.1 Å². The van der Waals surface area contributed by atoms with Crippen LogP contribution in [0.4, 0.5) is 5.69 Å². The summed E-state index contributed by atoms with van der Waals surface area (Å²) in [5.74, 6) is -0.734. The fourth-order valence-corrected chi connectivity index (χ4v) is 6.75. The van der Waals surface area contributed by atoms with Gasteiger partial charge in [-0.1, -0.05) is 85.0 Å². The lowest BCUT2D eigenvalue weighted by Gasteiger charge is -2.33. The molecule has 0 bridgehead atoms. The van der Waals surface area contributed by atoms with Crippen molar-refractivity contribution >= 4 is 39.1 Å². The van der Waals surface area contributed by atoms with Crippen molar-refractivity contribution < 1.29 is 18.0 Å². The van der Waals surface area contributed by atoms with E-state index < -0.39 is 28.5 Å². The summed E-state index contributed by atoms with van der Waals surface area (Å²) in [6.07, 6.45) is 5.13. The zero-order valence-electron chi connectivity index (χ0n) is 23.8. The molecular weight excluding hydrogens is 558 g/mol. The van der Waals surface area contributed by atoms with Crippen LogP contribution < -0.4 is 9.62 Å². The second-order valence-electron chi connectivity index (χ2n) is 10.8. The Bertz CT molecular complexity index is 1470. The molecule has 9 heteroatoms. The second-order valence-corrected chi connectivity index (χ2v) is 13.1. The topological polar surface area (TPSA) is 86.8 Å². The van der Waals surface area contributed by atoms with Crippen LogP contribution >= 0.6 is 11.6 Å². The Labute approximate surface area is 248 Å². The van der Waals surface area contributed by atoms with Crippen molar-refractivity contribution in [2.75, 3.05) is 10.8 Å². The number of carbonyl (C=O) groups excluding carboxylic acids is 2. The Balaban J connectivity index is 1.68. The van der Waals surface area contributed by atoms with Gasteiger partial charge in [0, 0.05) is 17.6 Å². The Kier molecular flexibility index (Phi) is 10.1. The molecule has 1 saturated carbocycles. The Morgan fingerprint density at radius 1 is 0.951 bits per heavy atom. The van der Waals surface area contributed by atoms with E-state index in [2.05, 4.69) is 5.32 Å². The van der Waals surface area contributed by atoms with E-state index in [4.69, 9.17) is 11.6 Å². The lowest BCUT2D eigenvalue weighted by atomic mass is 9.95. The first-order valence-electron chi connectivity index (χ1n) is 14.1. The molecule has 1 unspecified atom stereocenters. The van der Waals surface area contributed by atoms with Gasteiger partial charge in [-0.05, 0) is 69.0 Å². The molecule has 41 heavy (non-hydrogen) atoms. The molecule has 3 aromatic rings. The molecule has 1 aliphatic rings. The van der Waals surface area contributed by atoms with Crippen LogP contribution in [0.2, 0.25) is 5.02 Å². The number of amides is 2. The standard InChI is InChI=1S/C32H38ClN3O4S/c1-23-11-10-12-26(19-23)21-35(25(3)32(38)34-27-13-6-4-7-14-27)31(37)22-36(28-18-17-24(2)30(33)20-28)41(39,40)29-15-8-5-9-16-29/h5,8-12,15-20,25,27H,4,6-7,13-14,21-22H2,1-3H3,(H,34,38). The number of benzene rings is 3. The summed E-state index contributed by atoms with van der Waals surface area (Å²) in [6.45, 7) is 5.15. The van der Waals surface area contributed by atoms with Gasteiger partial charge < -0.3 is 10.2 Å². The Hall–Kier alpha value is -3.36. The van der Waals surface area contributed by atoms with Crippen LogP contribution in [0.25, 0.3) is 0 Å². The fraction of sp³-hybridized carbons (Fsp3) is 0.375. The molecule has 1 aliphatic carbocycles. The summed E-state index contributed by atoms with van der Waals surface area (Å²) < 4.78 is 28.9. The highest BCUT2D eigenvalue weighted by molar-refractivity contribution is 7.92. The third-order valence-electron chi connectivity index (χ3n) is 7.61. The van der Waals surface area contributed by atoms with Crippen molar-refractivity contribution in [1.29, 1.82) is 0 Å². The first-order chi connectivity index (χ1) is 19.6. The number of hydrogen-bond acceptors (Lipinski definition) is 4. The normalized spacial score (nSPS) is 14.7. The highest BCUT2D eigenvalue weighted by atomic mass is 35.5. The number of halogens is 1. The first-order valence-corrected chi connectivity index (χ1v) is 15.9. The number of aryl methyl sites for hydroxylation is 2. The predicted octanol–water partition coefficient (Wildman–Crippen LogP) is 6.02. The highest BCUT2D eigenvalue weighted by Crippen LogP contribution is 2.28. The van der Waals surface area contributed by atoms with Crippen molar-refractivity contribution in [3.63, 3.8) is 0 Å². The molecule has 3 aromatic carbocycles. The average Bonchev–Trinajstić information content (AvgIpc) is 2.96. The maximum Gasteiger partial charge on any atom is 0.264 e. The van der Waals surface area contributed by atoms with Crippen LogP contribution in [0.5, 0.6) is 0 Å². The third kappa shape index (κ3) is 7.68. The van der Waals surface area contributed by atoms with Crippen LogP contribution in [-0.2, 0) is 26.2 Å². The van der Waals surface area contributed by atoms with E-state index >= 15 is 0 Å². The smallest absolute Gasteiger partial charge is 0.264 e. The number of anilines is 1. The lowest BCUT2D eigenvalue weighted by Crippen LogP contribution is -2.53. The number of nitrogens with one attached hydrogen (secondary N) is 1. The summed E-state index contributed by atoms with van der Waals surface area (Å²) >= 11 is 6.39. The van der Waals surface area contributed by atoms with Crippen molar-refractivity contribution in [3.8, 4) is 0 Å². The fourth-order valence-electron chi connectivity index (χ4n) is 5.14. The van der Waals surface area contributed by atoms with E-state index in [1.165, 1.54) is 17.0 Å². The molecule has 0 saturated heterocycles. The quantitative estimate of drug-likeness (QED) is 0.311. The number of sulfonamides is 1. The minimum Gasteiger partial charge on any atom is -0.352 e. The zero-order chi connectivity index (χ0) is 29.6. The average molecular weight is 596 g/mol. The summed E-state index contributed by atoms with van der Waals surface area (Å²) in [4.78, 5) is 29.0. The van der Waals surface area contributed by atoms with Gasteiger partial charge in [-0.3, -0.25) is 13.9 Å². The van der Waals surface area contributed by atoms with E-state index in [1.807, 2.05) is 38.1 Å². The van der Waals surface area contributed by atoms with Gasteiger partial charge in [0.25, 0.3) is 10.0 Å². The van der Waals surface area contributed by atoms with Crippen LogP contribution in [0.15, 0.2) is 77.7 Å². The molecule has 1 atom stereocenters. The maximum absolute atomic E-state index is 14.1. The van der Waals surface area contributed by atoms with E-state index in [-0.39, 0.29) is 29.1 Å². The molecule has 0 aromatic heterocycles. The van der Waals surface area contributed by atoms with E-state index in [0.29, 0.717) is 5.02 Å². The summed E-state index contributed by atoms with van der Waals surface area (Å²) in [6, 6.07) is 19.9. The van der Waals surface area contributed by atoms with Crippen LogP contribution in [0.1, 0.15) is 55.7 Å². The van der Waals surface area contributed by atoms with Crippen molar-refractivity contribution in [2.24, 2.45) is 0 Å². The molecule has 1 N–H and O–H groups in total. The minimum absolute atomic E-state index is 0.0535. The largest absolute Gasteiger partial charge is 0.352 e. The molecule has 2 amide bonds. The van der Waals surface area contributed by atoms with Crippen molar-refractivity contribution in [1.82, 2.24) is 10.2 Å². The van der Waals surface area contributed by atoms with Gasteiger partial charge in [-0.2, -0.15) is 0 Å². The monoisotopic (exact) mass is 595 g/mol. The maximum atomic E-state index is 14.1. The van der Waals surface area contributed by atoms with Gasteiger partial charge in [0.15, 0.2) is 0 Å². The molecule has 0 aliphatic heterocycles. The molecule has 1 fully saturated rings. The summed E-state index contributed by atoms with van der Waals surface area (Å²) in [7, 11) is -4.13. The second kappa shape index (κ2) is 13.5. The number of nitrogens with zero attached hydrogens (tertiary/aromatic N) is 2. The number of hydrogen-bond donors (Lipinski definition) is 1. The van der Waals surface area contributed by atoms with Crippen LogP contribution in [0, 0.1) is 13.8 Å². The van der Waals surface area contributed by atoms with Gasteiger partial charge in [0.1, 0.15) is 12.6 Å². The Morgan fingerprint density at radius 2 is 1.66 bits per heavy atom. The van der Waals surface area contributed by atoms with Gasteiger partial charge in [0.2, 0.25) is 11.8 Å². The molecule has 7 nitrogen and oxygen atoms in total. The lowest BCUT2D eigenvalue weighted by molar-refractivity contribution is -0.139. The van der Waals surface area contributed by atoms with Gasteiger partial charge in [-0.25, -0.2) is 8.42 Å². The Morgan fingerprint density at radius 3 is 2.32 bits per heavy atom. The van der Waals surface area contributed by atoms with Gasteiger partial charge in [0.05, 0.1) is 10.6 Å². The molecule has 0 radical (unpaired) electrons. The number of rotatable bonds is 10. The SMILES string of the molecule is Cc1cccc(CN(C(=O)CN(c2ccc(C)c(Cl)c2)S(=O)(=O)c2ccccc2)C(C)C(=O)NC2CCCCC2)c1. The molecular formula is C32H38ClN3O4S. The molecule has 0 heterocycles. The minimum atomic E-state index is -4.13. The first kappa shape index (κ1) is 30.6. The van der Waals surface area contributed by atoms with Crippen molar-refractivity contribution in [2.45, 2.75) is 76.4 Å².